The van der Waals surface area contributed by atoms with Gasteiger partial charge in [0.25, 0.3) is 11.1 Å². The molecule has 5 aromatic rings. The molecule has 0 bridgehead atoms. The number of anilines is 1. The van der Waals surface area contributed by atoms with Gasteiger partial charge >= 0.3 is 49.3 Å². The number of carbonyl (C=O) groups excluding carboxylic acids is 2. The van der Waals surface area contributed by atoms with E-state index in [1.165, 1.54) is 32.5 Å². The molecule has 0 aliphatic rings. The molecule has 0 aromatic carbocycles. The number of Topliss-reactive ketones (excluding diaryl/α,β-unsaturated/α-hetero) is 1. The maximum absolute atomic E-state index is 12.6. The molecule has 5 rings (SSSR count). The first kappa shape index (κ1) is 56.0. The van der Waals surface area contributed by atoms with Crippen molar-refractivity contribution in [3.8, 4) is 0 Å². The number of nitrogen functional groups attached to an aromatic ring is 1. The number of esters is 1. The zero-order valence-electron chi connectivity index (χ0n) is 30.0. The molecule has 0 saturated carbocycles. The Morgan fingerprint density at radius 2 is 1.33 bits per heavy atom. The normalized spacial score (nSPS) is 11.0. The van der Waals surface area contributed by atoms with Gasteiger partial charge in [0.1, 0.15) is 32.5 Å². The van der Waals surface area contributed by atoms with Gasteiger partial charge in [-0.25, -0.2) is 9.97 Å². The maximum atomic E-state index is 12.6. The number of nitrogens with two attached hydrogens (primary N) is 1. The Balaban J connectivity index is 0.000000774. The first-order valence-corrected chi connectivity index (χ1v) is 18.5. The number of hydrogen-bond acceptors (Lipinski definition) is 20. The van der Waals surface area contributed by atoms with E-state index in [1.54, 1.807) is 7.11 Å². The standard InChI is InChI=1S/C8H5BrF3N3O2S.C8H6F3N3O2S.C6H7F3O3.C4H7N3OS.CH4.BHNS/c1-17-2-3-14-15-6(16)4(9)5(8(10,11)12)13-7(15)18-3;1-16-3-5-13-14-6(15)2-4(8(9,10)11)12-7(14)17-5;1-2-12-5(11)3-4(10)6(7,8)9;1-8-2-3-6-7-4(5)9-3;;1-2-3/h2H2,1H3;2H,3H2,1H3;2-3H2,1H3;2H2,1H3,(H2,5,7);1H4;3H. The molecule has 5 aromatic heterocycles. The molecule has 0 aliphatic heterocycles. The number of ether oxygens (including phenoxy) is 4. The van der Waals surface area contributed by atoms with Gasteiger partial charge in [-0.3, -0.25) is 19.2 Å². The molecule has 0 amide bonds. The summed E-state index contributed by atoms with van der Waals surface area (Å²) >= 11 is 8.89. The van der Waals surface area contributed by atoms with Crippen LogP contribution in [0.2, 0.25) is 0 Å². The van der Waals surface area contributed by atoms with Gasteiger partial charge in [0.15, 0.2) is 11.4 Å². The Morgan fingerprint density at radius 3 is 1.75 bits per heavy atom. The number of thiol groups is 1. The quantitative estimate of drug-likeness (QED) is 0.0606. The number of rotatable bonds is 9. The fourth-order valence-electron chi connectivity index (χ4n) is 3.30. The average molecular weight is 1010 g/mol. The summed E-state index contributed by atoms with van der Waals surface area (Å²) in [5.41, 5.74) is 1.08. The fraction of sp³-hybridized carbons (Fsp3) is 0.481. The molecule has 33 heteroatoms. The first-order valence-electron chi connectivity index (χ1n) is 14.8. The van der Waals surface area contributed by atoms with Crippen LogP contribution < -0.4 is 16.9 Å². The second-order valence-corrected chi connectivity index (χ2v) is 14.0. The van der Waals surface area contributed by atoms with Gasteiger partial charge in [-0.15, -0.1) is 10.2 Å². The predicted octanol–water partition coefficient (Wildman–Crippen LogP) is 5.55. The molecular weight excluding hydrogens is 982 g/mol. The summed E-state index contributed by atoms with van der Waals surface area (Å²) in [4.78, 5) is 50.1. The minimum atomic E-state index is -4.95. The van der Waals surface area contributed by atoms with Crippen molar-refractivity contribution < 1.29 is 68.1 Å². The summed E-state index contributed by atoms with van der Waals surface area (Å²) in [6.07, 6.45) is -15.5. The Labute approximate surface area is 358 Å². The van der Waals surface area contributed by atoms with Crippen molar-refractivity contribution in [2.24, 2.45) is 4.30 Å². The number of hydrogen-bond donors (Lipinski definition) is 2. The molecule has 0 spiro atoms. The molecule has 2 N–H and O–H groups in total. The molecule has 1 radical (unpaired) electrons. The van der Waals surface area contributed by atoms with E-state index < -0.39 is 63.7 Å². The van der Waals surface area contributed by atoms with Crippen LogP contribution in [0, 0.1) is 0 Å². The summed E-state index contributed by atoms with van der Waals surface area (Å²) in [6, 6.07) is 0.420. The number of ketones is 1. The molecule has 333 valence electrons. The second-order valence-electron chi connectivity index (χ2n) is 9.79. The van der Waals surface area contributed by atoms with Gasteiger partial charge in [0.05, 0.1) is 19.8 Å². The predicted molar refractivity (Wildman–Crippen MR) is 205 cm³/mol. The molecule has 0 saturated heterocycles. The van der Waals surface area contributed by atoms with Crippen molar-refractivity contribution in [3.05, 3.63) is 57.7 Å². The van der Waals surface area contributed by atoms with E-state index >= 15 is 0 Å². The second kappa shape index (κ2) is 25.7. The van der Waals surface area contributed by atoms with Gasteiger partial charge in [-0.2, -0.15) is 58.7 Å². The Kier molecular flexibility index (Phi) is 24.0. The zero-order valence-corrected chi connectivity index (χ0v) is 34.9. The SMILES string of the molecule is C.CCOC(=O)CC(=O)C(F)(F)F.COCc1nn2c(=O)c(Br)c(C(F)(F)F)nc2s1.COCc1nn2c(=O)cc(C(F)(F)F)nc2s1.COCc1nnc(N)s1.[B]=NS. The van der Waals surface area contributed by atoms with Crippen molar-refractivity contribution in [1.82, 2.24) is 39.4 Å². The van der Waals surface area contributed by atoms with Crippen LogP contribution in [0.1, 0.15) is 47.2 Å². The van der Waals surface area contributed by atoms with Gasteiger partial charge in [0.2, 0.25) is 20.8 Å². The summed E-state index contributed by atoms with van der Waals surface area (Å²) in [5, 5.41) is 17.0. The first-order chi connectivity index (χ1) is 27.4. The van der Waals surface area contributed by atoms with Crippen molar-refractivity contribution in [2.75, 3.05) is 33.7 Å². The number of methoxy groups -OCH3 is 3. The molecular formula is C27H30BBrF9N10O8S4. The van der Waals surface area contributed by atoms with E-state index in [2.05, 4.69) is 75.8 Å². The summed E-state index contributed by atoms with van der Waals surface area (Å²) in [6.45, 7) is 2.12. The number of nitrogens with zero attached hydrogens (tertiary/aromatic N) is 9. The third kappa shape index (κ3) is 18.3. The third-order valence-electron chi connectivity index (χ3n) is 5.46. The van der Waals surface area contributed by atoms with Crippen molar-refractivity contribution in [2.45, 2.75) is 59.1 Å². The van der Waals surface area contributed by atoms with Crippen LogP contribution in [0.5, 0.6) is 0 Å². The van der Waals surface area contributed by atoms with Crippen LogP contribution in [-0.4, -0.2) is 92.9 Å². The van der Waals surface area contributed by atoms with Crippen molar-refractivity contribution in [3.63, 3.8) is 0 Å². The van der Waals surface area contributed by atoms with E-state index in [0.717, 1.165) is 36.7 Å². The molecule has 60 heavy (non-hydrogen) atoms. The van der Waals surface area contributed by atoms with Gasteiger partial charge < -0.3 is 24.7 Å². The molecule has 0 atom stereocenters. The number of fused-ring (bicyclic) bond motifs is 2. The Hall–Kier alpha value is -4.02. The van der Waals surface area contributed by atoms with Gasteiger partial charge in [-0.1, -0.05) is 41.4 Å². The van der Waals surface area contributed by atoms with E-state index in [1.807, 2.05) is 0 Å². The fourth-order valence-corrected chi connectivity index (χ4v) is 6.09. The summed E-state index contributed by atoms with van der Waals surface area (Å²) in [5.74, 6) is -3.24. The van der Waals surface area contributed by atoms with E-state index in [-0.39, 0.29) is 37.2 Å². The molecule has 0 aliphatic carbocycles. The molecule has 5 heterocycles. The van der Waals surface area contributed by atoms with Crippen LogP contribution >= 0.6 is 62.8 Å². The van der Waals surface area contributed by atoms with Crippen LogP contribution in [0.15, 0.2) is 24.4 Å². The minimum absolute atomic E-state index is 0. The number of alkyl halides is 9. The van der Waals surface area contributed by atoms with Crippen molar-refractivity contribution >= 4 is 97.2 Å². The third-order valence-corrected chi connectivity index (χ3v) is 8.66. The Morgan fingerprint density at radius 1 is 0.850 bits per heavy atom. The average Bonchev–Trinajstić information content (AvgIpc) is 3.85. The number of carbonyl (C=O) groups is 2. The number of aromatic nitrogens is 8. The van der Waals surface area contributed by atoms with Gasteiger partial charge in [-0.05, 0) is 22.9 Å². The van der Waals surface area contributed by atoms with E-state index in [9.17, 15) is 58.7 Å². The van der Waals surface area contributed by atoms with Crippen LogP contribution in [0.3, 0.4) is 0 Å². The van der Waals surface area contributed by atoms with Gasteiger partial charge in [0, 0.05) is 27.4 Å². The van der Waals surface area contributed by atoms with Crippen LogP contribution in [0.4, 0.5) is 44.6 Å². The zero-order chi connectivity index (χ0) is 45.3. The van der Waals surface area contributed by atoms with E-state index in [4.69, 9.17) is 19.9 Å². The van der Waals surface area contributed by atoms with Crippen molar-refractivity contribution in [1.29, 1.82) is 0 Å². The van der Waals surface area contributed by atoms with Crippen LogP contribution in [0.25, 0.3) is 9.92 Å². The number of halogens is 10. The summed E-state index contributed by atoms with van der Waals surface area (Å²) < 4.78 is 132. The molecule has 18 nitrogen and oxygen atoms in total. The summed E-state index contributed by atoms with van der Waals surface area (Å²) in [7, 11) is 8.78. The molecule has 0 fully saturated rings. The molecule has 0 unspecified atom stereocenters. The van der Waals surface area contributed by atoms with E-state index in [0.29, 0.717) is 27.8 Å². The Bertz CT molecular complexity index is 2270. The topological polar surface area (TPSA) is 230 Å². The monoisotopic (exact) mass is 1010 g/mol. The van der Waals surface area contributed by atoms with Crippen LogP contribution in [-0.2, 0) is 60.7 Å².